The van der Waals surface area contributed by atoms with Crippen LogP contribution in [0.3, 0.4) is 0 Å². The van der Waals surface area contributed by atoms with E-state index in [0.717, 1.165) is 78.0 Å². The fraction of sp³-hybridized carbons (Fsp3) is 0. The lowest BCUT2D eigenvalue weighted by Crippen LogP contribution is -1.96. The molecule has 0 fully saturated rings. The van der Waals surface area contributed by atoms with Crippen LogP contribution in [0.15, 0.2) is 164 Å². The van der Waals surface area contributed by atoms with E-state index in [1.807, 2.05) is 60.8 Å². The molecule has 0 unspecified atom stereocenters. The molecule has 0 N–H and O–H groups in total. The highest BCUT2D eigenvalue weighted by Gasteiger charge is 2.16. The molecule has 0 amide bonds. The quantitative estimate of drug-likeness (QED) is 0.197. The average Bonchev–Trinajstić information content (AvgIpc) is 3.54. The molecule has 0 aliphatic heterocycles. The van der Waals surface area contributed by atoms with Crippen LogP contribution in [-0.2, 0) is 0 Å². The Morgan fingerprint density at radius 3 is 1.64 bits per heavy atom. The largest absolute Gasteiger partial charge is 0.284 e. The second-order valence-corrected chi connectivity index (χ2v) is 11.6. The number of aromatic nitrogens is 5. The van der Waals surface area contributed by atoms with E-state index in [-0.39, 0.29) is 0 Å². The average molecular weight is 602 g/mol. The number of imidazole rings is 1. The van der Waals surface area contributed by atoms with Crippen LogP contribution in [0.4, 0.5) is 0 Å². The number of hydrogen-bond donors (Lipinski definition) is 0. The Balaban J connectivity index is 1.17. The Morgan fingerprint density at radius 1 is 0.383 bits per heavy atom. The Kier molecular flexibility index (Phi) is 6.39. The maximum atomic E-state index is 5.22. The zero-order chi connectivity index (χ0) is 31.2. The lowest BCUT2D eigenvalue weighted by molar-refractivity contribution is 1.18. The molecule has 9 aromatic rings. The zero-order valence-electron chi connectivity index (χ0n) is 25.3. The summed E-state index contributed by atoms with van der Waals surface area (Å²) in [5, 5.41) is 2.17. The van der Waals surface area contributed by atoms with Crippen molar-refractivity contribution < 1.29 is 0 Å². The summed E-state index contributed by atoms with van der Waals surface area (Å²) in [6.45, 7) is 0. The van der Waals surface area contributed by atoms with Crippen molar-refractivity contribution in [3.63, 3.8) is 0 Å². The monoisotopic (exact) mass is 601 g/mol. The molecular weight excluding hydrogens is 574 g/mol. The summed E-state index contributed by atoms with van der Waals surface area (Å²) >= 11 is 0. The molecule has 0 spiro atoms. The van der Waals surface area contributed by atoms with Crippen molar-refractivity contribution in [2.24, 2.45) is 0 Å². The van der Waals surface area contributed by atoms with Crippen molar-refractivity contribution >= 4 is 27.6 Å². The summed E-state index contributed by atoms with van der Waals surface area (Å²) in [7, 11) is 0. The summed E-state index contributed by atoms with van der Waals surface area (Å²) in [5.41, 5.74) is 11.7. The molecule has 0 atom stereocenters. The molecule has 5 aromatic carbocycles. The third-order valence-electron chi connectivity index (χ3n) is 8.62. The van der Waals surface area contributed by atoms with E-state index < -0.39 is 0 Å². The number of benzene rings is 5. The van der Waals surface area contributed by atoms with E-state index in [9.17, 15) is 0 Å². The standard InChI is InChI=1S/C42H27N5/c1-3-13-28(14-4-1)36-27-37(29-15-5-2-6-16-29)44-41(43-36)33-20-12-18-31(26-33)30-17-11-19-32(25-30)39-34-21-7-8-22-35(34)40-42(46-39)47-24-10-9-23-38(47)45-40/h1-27H. The third-order valence-corrected chi connectivity index (χ3v) is 8.62. The molecule has 5 heteroatoms. The second-order valence-electron chi connectivity index (χ2n) is 11.6. The van der Waals surface area contributed by atoms with Gasteiger partial charge in [-0.3, -0.25) is 4.40 Å². The smallest absolute Gasteiger partial charge is 0.165 e. The number of hydrogen-bond acceptors (Lipinski definition) is 4. The summed E-state index contributed by atoms with van der Waals surface area (Å²) in [6, 6.07) is 54.2. The summed E-state index contributed by atoms with van der Waals surface area (Å²) in [6.07, 6.45) is 2.02. The zero-order valence-corrected chi connectivity index (χ0v) is 25.3. The van der Waals surface area contributed by atoms with Crippen molar-refractivity contribution in [1.29, 1.82) is 0 Å². The molecule has 220 valence electrons. The van der Waals surface area contributed by atoms with E-state index in [1.165, 1.54) is 0 Å². The minimum atomic E-state index is 0.689. The third kappa shape index (κ3) is 4.82. The summed E-state index contributed by atoms with van der Waals surface area (Å²) in [5.74, 6) is 0.689. The Hall–Kier alpha value is -6.46. The minimum absolute atomic E-state index is 0.689. The Morgan fingerprint density at radius 2 is 0.936 bits per heavy atom. The molecule has 0 aliphatic rings. The van der Waals surface area contributed by atoms with Crippen molar-refractivity contribution in [2.45, 2.75) is 0 Å². The van der Waals surface area contributed by atoms with Crippen LogP contribution in [0.1, 0.15) is 0 Å². The molecule has 0 saturated carbocycles. The lowest BCUT2D eigenvalue weighted by atomic mass is 9.97. The van der Waals surface area contributed by atoms with Gasteiger partial charge < -0.3 is 0 Å². The van der Waals surface area contributed by atoms with Crippen molar-refractivity contribution in [2.75, 3.05) is 0 Å². The van der Waals surface area contributed by atoms with Gasteiger partial charge in [-0.2, -0.15) is 0 Å². The normalized spacial score (nSPS) is 11.4. The van der Waals surface area contributed by atoms with Gasteiger partial charge >= 0.3 is 0 Å². The number of nitrogens with zero attached hydrogens (tertiary/aromatic N) is 5. The van der Waals surface area contributed by atoms with Gasteiger partial charge in [0.15, 0.2) is 11.5 Å². The van der Waals surface area contributed by atoms with Crippen LogP contribution in [-0.4, -0.2) is 24.3 Å². The fourth-order valence-corrected chi connectivity index (χ4v) is 6.33. The Labute approximate surface area is 271 Å². The number of rotatable bonds is 5. The maximum Gasteiger partial charge on any atom is 0.165 e. The topological polar surface area (TPSA) is 56.0 Å². The molecule has 5 nitrogen and oxygen atoms in total. The second kappa shape index (κ2) is 11.2. The van der Waals surface area contributed by atoms with Gasteiger partial charge in [0, 0.05) is 39.2 Å². The van der Waals surface area contributed by atoms with Crippen molar-refractivity contribution in [1.82, 2.24) is 24.3 Å². The SMILES string of the molecule is c1ccc(-c2cc(-c3ccccc3)nc(-c3cccc(-c4cccc(-c5nc6c(nc7ccccn76)c6ccccc56)c4)c3)n2)cc1. The first-order valence-electron chi connectivity index (χ1n) is 15.7. The first-order valence-corrected chi connectivity index (χ1v) is 15.7. The van der Waals surface area contributed by atoms with Gasteiger partial charge in [0.2, 0.25) is 0 Å². The van der Waals surface area contributed by atoms with E-state index in [4.69, 9.17) is 19.9 Å². The van der Waals surface area contributed by atoms with Gasteiger partial charge in [0.1, 0.15) is 11.2 Å². The van der Waals surface area contributed by atoms with Gasteiger partial charge in [0.05, 0.1) is 17.1 Å². The van der Waals surface area contributed by atoms with Gasteiger partial charge in [-0.05, 0) is 41.5 Å². The molecule has 47 heavy (non-hydrogen) atoms. The van der Waals surface area contributed by atoms with E-state index in [0.29, 0.717) is 5.82 Å². The van der Waals surface area contributed by atoms with Crippen molar-refractivity contribution in [3.8, 4) is 56.3 Å². The molecular formula is C42H27N5. The molecule has 0 bridgehead atoms. The van der Waals surface area contributed by atoms with Crippen LogP contribution in [0.2, 0.25) is 0 Å². The number of pyridine rings is 2. The van der Waals surface area contributed by atoms with Gasteiger partial charge in [0.25, 0.3) is 0 Å². The molecule has 0 aliphatic carbocycles. The summed E-state index contributed by atoms with van der Waals surface area (Å²) < 4.78 is 2.06. The van der Waals surface area contributed by atoms with Crippen LogP contribution in [0.5, 0.6) is 0 Å². The molecule has 4 aromatic heterocycles. The first-order chi connectivity index (χ1) is 23.3. The fourth-order valence-electron chi connectivity index (χ4n) is 6.33. The molecule has 9 rings (SSSR count). The van der Waals surface area contributed by atoms with Crippen LogP contribution < -0.4 is 0 Å². The van der Waals surface area contributed by atoms with E-state index >= 15 is 0 Å². The highest BCUT2D eigenvalue weighted by molar-refractivity contribution is 6.09. The van der Waals surface area contributed by atoms with E-state index in [2.05, 4.69) is 108 Å². The lowest BCUT2D eigenvalue weighted by Gasteiger charge is -2.12. The van der Waals surface area contributed by atoms with Crippen LogP contribution >= 0.6 is 0 Å². The minimum Gasteiger partial charge on any atom is -0.284 e. The predicted molar refractivity (Wildman–Crippen MR) is 191 cm³/mol. The van der Waals surface area contributed by atoms with Gasteiger partial charge in [-0.15, -0.1) is 0 Å². The van der Waals surface area contributed by atoms with Crippen molar-refractivity contribution in [3.05, 3.63) is 164 Å². The maximum absolute atomic E-state index is 5.22. The highest BCUT2D eigenvalue weighted by atomic mass is 15.1. The Bertz CT molecular complexity index is 2510. The van der Waals surface area contributed by atoms with Gasteiger partial charge in [-0.1, -0.05) is 127 Å². The van der Waals surface area contributed by atoms with Gasteiger partial charge in [-0.25, -0.2) is 19.9 Å². The van der Waals surface area contributed by atoms with E-state index in [1.54, 1.807) is 0 Å². The highest BCUT2D eigenvalue weighted by Crippen LogP contribution is 2.35. The first kappa shape index (κ1) is 26.9. The predicted octanol–water partition coefficient (Wildman–Crippen LogP) is 10.2. The molecule has 4 heterocycles. The molecule has 0 saturated heterocycles. The number of fused-ring (bicyclic) bond motifs is 5. The van der Waals surface area contributed by atoms with Crippen LogP contribution in [0, 0.1) is 0 Å². The molecule has 0 radical (unpaired) electrons. The van der Waals surface area contributed by atoms with Crippen LogP contribution in [0.25, 0.3) is 83.9 Å². The summed E-state index contributed by atoms with van der Waals surface area (Å²) in [4.78, 5) is 20.2.